The van der Waals surface area contributed by atoms with Crippen molar-refractivity contribution in [2.45, 2.75) is 85.8 Å². The minimum atomic E-state index is -0.755. The van der Waals surface area contributed by atoms with Crippen LogP contribution in [0, 0.1) is 6.92 Å². The zero-order valence-electron chi connectivity index (χ0n) is 31.8. The Morgan fingerprint density at radius 3 is 2.31 bits per heavy atom. The Morgan fingerprint density at radius 1 is 0.885 bits per heavy atom. The van der Waals surface area contributed by atoms with Crippen LogP contribution in [0.4, 0.5) is 10.5 Å². The van der Waals surface area contributed by atoms with Crippen LogP contribution in [0.25, 0.3) is 11.1 Å². The fourth-order valence-corrected chi connectivity index (χ4v) is 6.11. The van der Waals surface area contributed by atoms with Gasteiger partial charge < -0.3 is 25.2 Å². The van der Waals surface area contributed by atoms with E-state index in [-0.39, 0.29) is 30.4 Å². The molecule has 2 heterocycles. The topological polar surface area (TPSA) is 124 Å². The standard InChI is InChI=1S/C41H56N6O5/c1-7-31-15-13-17-33(25-31)34-26-35(44-36(48)29-47(40(51)52-41(4,5)6)28-32-16-12-14-30(3)24-32)38(43-27-34)39(50)42-19-11-9-10-18-37(49)46-22-20-45(8-2)21-23-46/h12-17,24-27H,7-11,18-23,28-29H2,1-6H3,(H,42,50)(H,44,48). The summed E-state index contributed by atoms with van der Waals surface area (Å²) < 4.78 is 5.65. The number of amides is 4. The SMILES string of the molecule is CCc1cccc(-c2cnc(C(=O)NCCCCCC(=O)N3CCN(CC)CC3)c(NC(=O)CN(Cc3cccc(C)c3)C(=O)OC(C)(C)C)c2)c1. The number of aromatic nitrogens is 1. The summed E-state index contributed by atoms with van der Waals surface area (Å²) in [6.07, 6.45) is 4.63. The molecule has 0 unspecified atom stereocenters. The van der Waals surface area contributed by atoms with Crippen molar-refractivity contribution in [2.75, 3.05) is 51.1 Å². The number of unbranched alkanes of at least 4 members (excludes halogenated alkanes) is 2. The first-order chi connectivity index (χ1) is 24.8. The van der Waals surface area contributed by atoms with E-state index in [2.05, 4.69) is 40.4 Å². The number of hydrogen-bond acceptors (Lipinski definition) is 7. The minimum absolute atomic E-state index is 0.0765. The molecule has 52 heavy (non-hydrogen) atoms. The van der Waals surface area contributed by atoms with Gasteiger partial charge in [0.05, 0.1) is 5.69 Å². The van der Waals surface area contributed by atoms with E-state index in [1.165, 1.54) is 4.90 Å². The number of anilines is 1. The number of piperazine rings is 1. The van der Waals surface area contributed by atoms with Crippen LogP contribution in [0.2, 0.25) is 0 Å². The van der Waals surface area contributed by atoms with Gasteiger partial charge in [-0.2, -0.15) is 0 Å². The van der Waals surface area contributed by atoms with E-state index in [9.17, 15) is 19.2 Å². The summed E-state index contributed by atoms with van der Waals surface area (Å²) in [5.41, 5.74) is 4.26. The highest BCUT2D eigenvalue weighted by molar-refractivity contribution is 6.03. The summed E-state index contributed by atoms with van der Waals surface area (Å²) in [7, 11) is 0. The third kappa shape index (κ3) is 12.5. The molecule has 1 aliphatic rings. The molecule has 4 rings (SSSR count). The monoisotopic (exact) mass is 712 g/mol. The Labute approximate surface area is 309 Å². The van der Waals surface area contributed by atoms with Gasteiger partial charge in [0.2, 0.25) is 11.8 Å². The molecule has 2 aromatic carbocycles. The Bertz CT molecular complexity index is 1680. The van der Waals surface area contributed by atoms with Crippen LogP contribution in [0.5, 0.6) is 0 Å². The van der Waals surface area contributed by atoms with Crippen molar-refractivity contribution in [1.82, 2.24) is 25.0 Å². The average molecular weight is 713 g/mol. The van der Waals surface area contributed by atoms with Crippen molar-refractivity contribution in [2.24, 2.45) is 0 Å². The highest BCUT2D eigenvalue weighted by Crippen LogP contribution is 2.26. The second kappa shape index (κ2) is 19.2. The number of aryl methyl sites for hydroxylation is 2. The quantitative estimate of drug-likeness (QED) is 0.174. The molecule has 280 valence electrons. The maximum absolute atomic E-state index is 13.7. The van der Waals surface area contributed by atoms with Gasteiger partial charge in [0, 0.05) is 57.4 Å². The fraction of sp³-hybridized carbons (Fsp3) is 0.488. The molecule has 1 saturated heterocycles. The Balaban J connectivity index is 1.43. The molecule has 4 amide bonds. The molecular weight excluding hydrogens is 656 g/mol. The third-order valence-electron chi connectivity index (χ3n) is 9.01. The van der Waals surface area contributed by atoms with Crippen LogP contribution in [-0.2, 0) is 27.3 Å². The molecule has 0 bridgehead atoms. The highest BCUT2D eigenvalue weighted by atomic mass is 16.6. The third-order valence-corrected chi connectivity index (χ3v) is 9.01. The predicted octanol–water partition coefficient (Wildman–Crippen LogP) is 6.45. The molecule has 3 aromatic rings. The zero-order chi connectivity index (χ0) is 37.7. The Kier molecular flexibility index (Phi) is 14.8. The van der Waals surface area contributed by atoms with E-state index < -0.39 is 23.5 Å². The molecule has 11 heteroatoms. The van der Waals surface area contributed by atoms with Crippen molar-refractivity contribution in [3.63, 3.8) is 0 Å². The first-order valence-corrected chi connectivity index (χ1v) is 18.6. The van der Waals surface area contributed by atoms with Crippen LogP contribution >= 0.6 is 0 Å². The summed E-state index contributed by atoms with van der Waals surface area (Å²) in [6.45, 7) is 16.2. The van der Waals surface area contributed by atoms with E-state index in [4.69, 9.17) is 4.74 Å². The summed E-state index contributed by atoms with van der Waals surface area (Å²) in [4.78, 5) is 63.2. The molecular formula is C41H56N6O5. The number of nitrogens with one attached hydrogen (secondary N) is 2. The number of benzene rings is 2. The smallest absolute Gasteiger partial charge is 0.411 e. The summed E-state index contributed by atoms with van der Waals surface area (Å²) >= 11 is 0. The number of rotatable bonds is 15. The predicted molar refractivity (Wildman–Crippen MR) is 205 cm³/mol. The van der Waals surface area contributed by atoms with Gasteiger partial charge in [0.25, 0.3) is 5.91 Å². The van der Waals surface area contributed by atoms with Crippen molar-refractivity contribution in [1.29, 1.82) is 0 Å². The molecule has 2 N–H and O–H groups in total. The number of carbonyl (C=O) groups is 4. The molecule has 0 radical (unpaired) electrons. The number of likely N-dealkylation sites (N-methyl/N-ethyl adjacent to an activating group) is 1. The number of carbonyl (C=O) groups excluding carboxylic acids is 4. The van der Waals surface area contributed by atoms with E-state index in [0.717, 1.165) is 79.8 Å². The van der Waals surface area contributed by atoms with Crippen LogP contribution in [0.15, 0.2) is 60.8 Å². The number of hydrogen-bond donors (Lipinski definition) is 2. The van der Waals surface area contributed by atoms with Gasteiger partial charge in [0.15, 0.2) is 5.69 Å². The van der Waals surface area contributed by atoms with Gasteiger partial charge in [-0.05, 0) is 76.3 Å². The molecule has 0 spiro atoms. The lowest BCUT2D eigenvalue weighted by Crippen LogP contribution is -2.48. The number of ether oxygens (including phenoxy) is 1. The molecule has 1 fully saturated rings. The van der Waals surface area contributed by atoms with E-state index in [1.807, 2.05) is 54.3 Å². The summed E-state index contributed by atoms with van der Waals surface area (Å²) in [5.74, 6) is -0.717. The van der Waals surface area contributed by atoms with Crippen LogP contribution < -0.4 is 10.6 Å². The number of pyridine rings is 1. The van der Waals surface area contributed by atoms with Gasteiger partial charge in [-0.25, -0.2) is 9.78 Å². The maximum Gasteiger partial charge on any atom is 0.411 e. The summed E-state index contributed by atoms with van der Waals surface area (Å²) in [5, 5.41) is 5.82. The zero-order valence-corrected chi connectivity index (χ0v) is 31.8. The first-order valence-electron chi connectivity index (χ1n) is 18.6. The van der Waals surface area contributed by atoms with Gasteiger partial charge in [0.1, 0.15) is 12.1 Å². The van der Waals surface area contributed by atoms with Crippen molar-refractivity contribution in [3.05, 3.63) is 83.2 Å². The molecule has 0 saturated carbocycles. The molecule has 0 atom stereocenters. The van der Waals surface area contributed by atoms with Gasteiger partial charge >= 0.3 is 6.09 Å². The lowest BCUT2D eigenvalue weighted by atomic mass is 10.0. The highest BCUT2D eigenvalue weighted by Gasteiger charge is 2.26. The second-order valence-corrected chi connectivity index (χ2v) is 14.4. The van der Waals surface area contributed by atoms with Gasteiger partial charge in [-0.1, -0.05) is 74.4 Å². The van der Waals surface area contributed by atoms with Crippen molar-refractivity contribution < 1.29 is 23.9 Å². The van der Waals surface area contributed by atoms with Crippen LogP contribution in [-0.4, -0.2) is 94.9 Å². The van der Waals surface area contributed by atoms with E-state index in [0.29, 0.717) is 19.4 Å². The maximum atomic E-state index is 13.7. The molecule has 1 aliphatic heterocycles. The molecule has 11 nitrogen and oxygen atoms in total. The van der Waals surface area contributed by atoms with Crippen LogP contribution in [0.3, 0.4) is 0 Å². The number of nitrogens with zero attached hydrogens (tertiary/aromatic N) is 4. The lowest BCUT2D eigenvalue weighted by Gasteiger charge is -2.34. The van der Waals surface area contributed by atoms with E-state index >= 15 is 0 Å². The Morgan fingerprint density at radius 2 is 1.62 bits per heavy atom. The fourth-order valence-electron chi connectivity index (χ4n) is 6.11. The largest absolute Gasteiger partial charge is 0.444 e. The van der Waals surface area contributed by atoms with E-state index in [1.54, 1.807) is 33.0 Å². The van der Waals surface area contributed by atoms with Gasteiger partial charge in [-0.3, -0.25) is 19.3 Å². The molecule has 0 aliphatic carbocycles. The minimum Gasteiger partial charge on any atom is -0.444 e. The lowest BCUT2D eigenvalue weighted by molar-refractivity contribution is -0.133. The first kappa shape index (κ1) is 40.0. The van der Waals surface area contributed by atoms with Crippen molar-refractivity contribution >= 4 is 29.5 Å². The average Bonchev–Trinajstić information content (AvgIpc) is 3.12. The van der Waals surface area contributed by atoms with Gasteiger partial charge in [-0.15, -0.1) is 0 Å². The summed E-state index contributed by atoms with van der Waals surface area (Å²) in [6, 6.07) is 17.5. The van der Waals surface area contributed by atoms with Crippen molar-refractivity contribution in [3.8, 4) is 11.1 Å². The van der Waals surface area contributed by atoms with Crippen LogP contribution in [0.1, 0.15) is 87.5 Å². The second-order valence-electron chi connectivity index (χ2n) is 14.4. The normalized spacial score (nSPS) is 13.4. The molecule has 1 aromatic heterocycles. The Hall–Kier alpha value is -4.77.